The second kappa shape index (κ2) is 18.2. The number of rotatable bonds is 16. The summed E-state index contributed by atoms with van der Waals surface area (Å²) in [6.45, 7) is 1.07. The molecule has 5 amide bonds. The first kappa shape index (κ1) is 43.5. The van der Waals surface area contributed by atoms with E-state index in [1.807, 2.05) is 30.3 Å². The number of nitrogens with one attached hydrogen (secondary N) is 5. The normalized spacial score (nSPS) is 17.5. The summed E-state index contributed by atoms with van der Waals surface area (Å²) >= 11 is 0. The molecule has 1 aliphatic carbocycles. The smallest absolute Gasteiger partial charge is 0.343 e. The summed E-state index contributed by atoms with van der Waals surface area (Å²) in [5.41, 5.74) is 7.53. The molecule has 0 spiro atoms. The highest BCUT2D eigenvalue weighted by molar-refractivity contribution is 5.94. The zero-order valence-electron chi connectivity index (χ0n) is 34.2. The van der Waals surface area contributed by atoms with E-state index in [-0.39, 0.29) is 56.9 Å². The number of aromatic nitrogens is 2. The number of ether oxygens (including phenoxy) is 2. The maximum absolute atomic E-state index is 15.3. The fraction of sp³-hybridized carbons (Fsp3) is 0.395. The van der Waals surface area contributed by atoms with Crippen LogP contribution in [0.3, 0.4) is 0 Å². The first-order valence-electron chi connectivity index (χ1n) is 20.3. The molecule has 2 aromatic carbocycles. The number of carbonyl (C=O) groups excluding carboxylic acids is 6. The zero-order chi connectivity index (χ0) is 44.3. The molecule has 8 N–H and O–H groups in total. The molecular formula is C43H47FN8O10. The average molecular weight is 855 g/mol. The third-order valence-electron chi connectivity index (χ3n) is 11.6. The molecule has 3 aliphatic rings. The summed E-state index contributed by atoms with van der Waals surface area (Å²) in [5, 5.41) is 24.9. The number of nitrogens with zero attached hydrogens (tertiary/aromatic N) is 2. The predicted molar refractivity (Wildman–Crippen MR) is 219 cm³/mol. The Bertz CT molecular complexity index is 2550. The molecular weight excluding hydrogens is 808 g/mol. The van der Waals surface area contributed by atoms with Gasteiger partial charge in [-0.05, 0) is 67.3 Å². The zero-order valence-corrected chi connectivity index (χ0v) is 34.2. The van der Waals surface area contributed by atoms with Crippen LogP contribution in [0.2, 0.25) is 0 Å². The third kappa shape index (κ3) is 8.63. The Morgan fingerprint density at radius 1 is 1.02 bits per heavy atom. The van der Waals surface area contributed by atoms with Crippen molar-refractivity contribution >= 4 is 46.4 Å². The van der Waals surface area contributed by atoms with E-state index in [2.05, 4.69) is 26.6 Å². The van der Waals surface area contributed by atoms with E-state index < -0.39 is 77.7 Å². The lowest BCUT2D eigenvalue weighted by atomic mass is 9.81. The summed E-state index contributed by atoms with van der Waals surface area (Å²) in [6, 6.07) is 10.6. The van der Waals surface area contributed by atoms with Gasteiger partial charge in [-0.15, -0.1) is 0 Å². The van der Waals surface area contributed by atoms with Crippen LogP contribution in [0.15, 0.2) is 47.3 Å². The van der Waals surface area contributed by atoms with Gasteiger partial charge in [0.05, 0.1) is 54.7 Å². The number of aryl methyl sites for hydroxylation is 2. The third-order valence-corrected chi connectivity index (χ3v) is 11.6. The van der Waals surface area contributed by atoms with E-state index in [4.69, 9.17) is 20.2 Å². The molecule has 0 fully saturated rings. The van der Waals surface area contributed by atoms with Crippen molar-refractivity contribution in [2.75, 3.05) is 33.0 Å². The fourth-order valence-corrected chi connectivity index (χ4v) is 8.28. The van der Waals surface area contributed by atoms with Gasteiger partial charge < -0.3 is 51.5 Å². The number of fused-ring (bicyclic) bond motifs is 5. The van der Waals surface area contributed by atoms with Crippen LogP contribution in [-0.4, -0.2) is 89.2 Å². The number of carbonyl (C=O) groups is 6. The Morgan fingerprint density at radius 2 is 1.77 bits per heavy atom. The first-order chi connectivity index (χ1) is 29.7. The summed E-state index contributed by atoms with van der Waals surface area (Å²) in [7, 11) is 0. The Hall–Kier alpha value is -6.57. The molecule has 2 aromatic heterocycles. The van der Waals surface area contributed by atoms with E-state index in [9.17, 15) is 38.7 Å². The maximum Gasteiger partial charge on any atom is 0.343 e. The minimum Gasteiger partial charge on any atom is -0.458 e. The van der Waals surface area contributed by atoms with Crippen molar-refractivity contribution in [3.63, 3.8) is 0 Å². The van der Waals surface area contributed by atoms with Gasteiger partial charge in [-0.2, -0.15) is 0 Å². The molecule has 0 saturated carbocycles. The molecule has 326 valence electrons. The van der Waals surface area contributed by atoms with E-state index in [1.165, 1.54) is 10.6 Å². The minimum absolute atomic E-state index is 0.0353. The summed E-state index contributed by atoms with van der Waals surface area (Å²) in [5.74, 6) is -4.25. The number of cyclic esters (lactones) is 1. The Balaban J connectivity index is 0.990. The molecule has 0 radical (unpaired) electrons. The quantitative estimate of drug-likeness (QED) is 0.0394. The molecule has 0 saturated heterocycles. The topological polar surface area (TPSA) is 262 Å². The van der Waals surface area contributed by atoms with Crippen LogP contribution in [0.1, 0.15) is 71.2 Å². The number of pyridine rings is 2. The van der Waals surface area contributed by atoms with Gasteiger partial charge in [0, 0.05) is 22.6 Å². The van der Waals surface area contributed by atoms with Crippen molar-refractivity contribution in [2.45, 2.75) is 76.8 Å². The number of hydrogen-bond donors (Lipinski definition) is 7. The lowest BCUT2D eigenvalue weighted by molar-refractivity contribution is -0.172. The van der Waals surface area contributed by atoms with E-state index in [0.29, 0.717) is 58.2 Å². The Kier molecular flexibility index (Phi) is 12.8. The van der Waals surface area contributed by atoms with Gasteiger partial charge in [0.25, 0.3) is 5.56 Å². The fourth-order valence-electron chi connectivity index (χ4n) is 8.28. The van der Waals surface area contributed by atoms with Crippen LogP contribution in [0.4, 0.5) is 4.39 Å². The summed E-state index contributed by atoms with van der Waals surface area (Å²) < 4.78 is 27.4. The van der Waals surface area contributed by atoms with E-state index in [1.54, 1.807) is 19.9 Å². The second-order valence-corrected chi connectivity index (χ2v) is 15.4. The van der Waals surface area contributed by atoms with Crippen molar-refractivity contribution in [3.05, 3.63) is 97.6 Å². The Labute approximate surface area is 354 Å². The van der Waals surface area contributed by atoms with Crippen molar-refractivity contribution in [1.82, 2.24) is 36.1 Å². The highest BCUT2D eigenvalue weighted by Crippen LogP contribution is 2.46. The van der Waals surface area contributed by atoms with Crippen LogP contribution in [0.25, 0.3) is 22.3 Å². The van der Waals surface area contributed by atoms with Gasteiger partial charge >= 0.3 is 5.97 Å². The highest BCUT2D eigenvalue weighted by Gasteiger charge is 2.46. The van der Waals surface area contributed by atoms with Crippen LogP contribution in [0, 0.1) is 12.7 Å². The van der Waals surface area contributed by atoms with Crippen LogP contribution in [-0.2, 0) is 69.8 Å². The summed E-state index contributed by atoms with van der Waals surface area (Å²) in [6.07, 6.45) is 1.42. The highest BCUT2D eigenvalue weighted by atomic mass is 19.1. The van der Waals surface area contributed by atoms with Crippen molar-refractivity contribution < 1.29 is 47.7 Å². The predicted octanol–water partition coefficient (Wildman–Crippen LogP) is 0.0296. The van der Waals surface area contributed by atoms with Crippen LogP contribution < -0.4 is 37.9 Å². The van der Waals surface area contributed by atoms with Gasteiger partial charge in [-0.1, -0.05) is 37.3 Å². The molecule has 18 nitrogen and oxygen atoms in total. The van der Waals surface area contributed by atoms with Gasteiger partial charge in [0.1, 0.15) is 31.8 Å². The molecule has 7 rings (SSSR count). The van der Waals surface area contributed by atoms with E-state index >= 15 is 4.39 Å². The van der Waals surface area contributed by atoms with Crippen LogP contribution >= 0.6 is 0 Å². The number of esters is 1. The van der Waals surface area contributed by atoms with Gasteiger partial charge in [-0.25, -0.2) is 14.2 Å². The molecule has 19 heteroatoms. The lowest BCUT2D eigenvalue weighted by Gasteiger charge is -2.31. The number of amides is 5. The molecule has 62 heavy (non-hydrogen) atoms. The number of hydrogen-bond acceptors (Lipinski definition) is 12. The average Bonchev–Trinajstić information content (AvgIpc) is 3.64. The molecule has 0 bridgehead atoms. The molecule has 3 atom stereocenters. The van der Waals surface area contributed by atoms with Gasteiger partial charge in [0.2, 0.25) is 29.5 Å². The van der Waals surface area contributed by atoms with Gasteiger partial charge in [0.15, 0.2) is 5.60 Å². The molecule has 4 heterocycles. The largest absolute Gasteiger partial charge is 0.458 e. The lowest BCUT2D eigenvalue weighted by Crippen LogP contribution is -2.51. The standard InChI is InChI=1S/C43H47FN8O10/c1-3-43(60)27-13-32-39-25(18-52(32)41(58)26(27)19-62-42(43)59)38-29(12-10-24-22(2)28(44)14-31(51-39)37(24)38)49-36(56)20-61-21-48-34(54)16-47-40(57)30(11-9-23-7-5-4-6-8-23)50-35(55)17-46-33(53)15-45/h4-8,13-14,29-30,60H,3,9-12,15-21,45H2,1-2H3,(H,46,53)(H,47,57)(H,48,54)(H,49,56)(H,50,55)/t29-,30-,43-/m0/s1. The summed E-state index contributed by atoms with van der Waals surface area (Å²) in [4.78, 5) is 94.5. The van der Waals surface area contributed by atoms with Gasteiger partial charge in [-0.3, -0.25) is 28.8 Å². The molecule has 0 unspecified atom stereocenters. The SMILES string of the molecule is CC[C@@]1(O)C(=O)OCc2c1cc1n(c2=O)Cc2c-1nc1cc(F)c(C)c3c1c2[C@@H](NC(=O)COCNC(=O)CNC(=O)[C@H](CCc1ccccc1)NC(=O)CNC(=O)CN)CC3. The van der Waals surface area contributed by atoms with Crippen molar-refractivity contribution in [2.24, 2.45) is 5.73 Å². The van der Waals surface area contributed by atoms with E-state index in [0.717, 1.165) is 11.1 Å². The molecule has 2 aliphatic heterocycles. The van der Waals surface area contributed by atoms with Crippen LogP contribution in [0.5, 0.6) is 0 Å². The van der Waals surface area contributed by atoms with Crippen molar-refractivity contribution in [1.29, 1.82) is 0 Å². The Morgan fingerprint density at radius 3 is 2.52 bits per heavy atom. The maximum atomic E-state index is 15.3. The second-order valence-electron chi connectivity index (χ2n) is 15.4. The minimum atomic E-state index is -2.03. The number of nitrogens with two attached hydrogens (primary N) is 1. The monoisotopic (exact) mass is 854 g/mol. The number of benzene rings is 2. The number of aliphatic hydroxyl groups is 1. The number of halogens is 1. The molecule has 4 aromatic rings. The van der Waals surface area contributed by atoms with Crippen molar-refractivity contribution in [3.8, 4) is 11.4 Å². The first-order valence-corrected chi connectivity index (χ1v) is 20.3.